The molecule has 5 heteroatoms. The zero-order chi connectivity index (χ0) is 14.5. The van der Waals surface area contributed by atoms with Crippen LogP contribution >= 0.6 is 0 Å². The van der Waals surface area contributed by atoms with Crippen molar-refractivity contribution in [2.24, 2.45) is 5.92 Å². The van der Waals surface area contributed by atoms with Crippen LogP contribution in [0.1, 0.15) is 30.6 Å². The average molecular weight is 276 g/mol. The minimum absolute atomic E-state index is 0.0563. The minimum atomic E-state index is -0.416. The number of esters is 1. The molecule has 2 unspecified atom stereocenters. The van der Waals surface area contributed by atoms with Crippen LogP contribution in [0.3, 0.4) is 0 Å². The van der Waals surface area contributed by atoms with Crippen molar-refractivity contribution in [3.8, 4) is 0 Å². The van der Waals surface area contributed by atoms with Gasteiger partial charge in [-0.05, 0) is 38.9 Å². The van der Waals surface area contributed by atoms with Crippen LogP contribution in [0.25, 0.3) is 0 Å². The number of amides is 1. The lowest BCUT2D eigenvalue weighted by molar-refractivity contribution is -0.120. The molecular formula is C15H20N2O3. The van der Waals surface area contributed by atoms with E-state index >= 15 is 0 Å². The van der Waals surface area contributed by atoms with Gasteiger partial charge in [0.2, 0.25) is 5.91 Å². The Bertz CT molecular complexity index is 502. The van der Waals surface area contributed by atoms with Crippen molar-refractivity contribution in [1.82, 2.24) is 5.32 Å². The predicted molar refractivity (Wildman–Crippen MR) is 76.6 cm³/mol. The lowest BCUT2D eigenvalue weighted by Crippen LogP contribution is -2.32. The van der Waals surface area contributed by atoms with Crippen LogP contribution in [-0.4, -0.2) is 31.1 Å². The Hall–Kier alpha value is -1.88. The van der Waals surface area contributed by atoms with Crippen LogP contribution in [-0.2, 0) is 9.53 Å². The molecule has 5 nitrogen and oxygen atoms in total. The summed E-state index contributed by atoms with van der Waals surface area (Å²) < 4.78 is 4.99. The van der Waals surface area contributed by atoms with Crippen molar-refractivity contribution in [3.05, 3.63) is 29.8 Å². The van der Waals surface area contributed by atoms with Gasteiger partial charge in [0.05, 0.1) is 23.8 Å². The van der Waals surface area contributed by atoms with Gasteiger partial charge < -0.3 is 15.4 Å². The van der Waals surface area contributed by atoms with Crippen molar-refractivity contribution in [1.29, 1.82) is 0 Å². The second-order valence-electron chi connectivity index (χ2n) is 4.89. The Morgan fingerprint density at radius 1 is 1.40 bits per heavy atom. The van der Waals surface area contributed by atoms with Gasteiger partial charge in [-0.2, -0.15) is 0 Å². The van der Waals surface area contributed by atoms with Gasteiger partial charge in [-0.25, -0.2) is 4.79 Å². The molecule has 0 aliphatic carbocycles. The van der Waals surface area contributed by atoms with E-state index in [-0.39, 0.29) is 17.9 Å². The van der Waals surface area contributed by atoms with Crippen LogP contribution in [0.4, 0.5) is 5.69 Å². The van der Waals surface area contributed by atoms with Crippen LogP contribution in [0, 0.1) is 5.92 Å². The van der Waals surface area contributed by atoms with Crippen molar-refractivity contribution < 1.29 is 14.3 Å². The summed E-state index contributed by atoms with van der Waals surface area (Å²) >= 11 is 0. The first-order chi connectivity index (χ1) is 9.63. The van der Waals surface area contributed by atoms with E-state index in [0.29, 0.717) is 17.9 Å². The molecule has 0 saturated carbocycles. The minimum Gasteiger partial charge on any atom is -0.462 e. The van der Waals surface area contributed by atoms with Gasteiger partial charge in [0, 0.05) is 6.04 Å². The summed E-state index contributed by atoms with van der Waals surface area (Å²) in [5, 5.41) is 6.08. The first-order valence-electron chi connectivity index (χ1n) is 6.94. The summed E-state index contributed by atoms with van der Waals surface area (Å²) in [5.74, 6) is -0.537. The third-order valence-corrected chi connectivity index (χ3v) is 3.54. The van der Waals surface area contributed by atoms with Gasteiger partial charge in [0.25, 0.3) is 0 Å². The molecule has 1 amide bonds. The Morgan fingerprint density at radius 3 is 2.80 bits per heavy atom. The molecule has 1 fully saturated rings. The largest absolute Gasteiger partial charge is 0.462 e. The zero-order valence-electron chi connectivity index (χ0n) is 11.8. The Balaban J connectivity index is 2.13. The SMILES string of the molecule is CCOC(=O)c1ccccc1NC(=O)C1CCNC1C. The molecule has 0 aromatic heterocycles. The molecular weight excluding hydrogens is 256 g/mol. The standard InChI is InChI=1S/C15H20N2O3/c1-3-20-15(19)12-6-4-5-7-13(12)17-14(18)11-8-9-16-10(11)2/h4-7,10-11,16H,3,8-9H2,1-2H3,(H,17,18). The summed E-state index contributed by atoms with van der Waals surface area (Å²) in [6.07, 6.45) is 0.814. The van der Waals surface area contributed by atoms with E-state index in [4.69, 9.17) is 4.74 Å². The summed E-state index contributed by atoms with van der Waals surface area (Å²) in [6.45, 7) is 4.91. The van der Waals surface area contributed by atoms with E-state index in [1.807, 2.05) is 6.92 Å². The Kier molecular flexibility index (Phi) is 4.74. The molecule has 2 atom stereocenters. The smallest absolute Gasteiger partial charge is 0.340 e. The number of ether oxygens (including phenoxy) is 1. The van der Waals surface area contributed by atoms with Crippen LogP contribution in [0.15, 0.2) is 24.3 Å². The first-order valence-corrected chi connectivity index (χ1v) is 6.94. The number of para-hydroxylation sites is 1. The molecule has 1 aromatic rings. The molecule has 20 heavy (non-hydrogen) atoms. The summed E-state index contributed by atoms with van der Waals surface area (Å²) in [6, 6.07) is 7.07. The zero-order valence-corrected chi connectivity index (χ0v) is 11.8. The fourth-order valence-corrected chi connectivity index (χ4v) is 2.42. The van der Waals surface area contributed by atoms with Gasteiger partial charge >= 0.3 is 5.97 Å². The van der Waals surface area contributed by atoms with Gasteiger partial charge in [0.15, 0.2) is 0 Å². The maximum atomic E-state index is 12.3. The number of rotatable bonds is 4. The van der Waals surface area contributed by atoms with Gasteiger partial charge in [-0.1, -0.05) is 12.1 Å². The molecule has 0 radical (unpaired) electrons. The summed E-state index contributed by atoms with van der Waals surface area (Å²) in [7, 11) is 0. The number of carbonyl (C=O) groups excluding carboxylic acids is 2. The molecule has 1 aromatic carbocycles. The summed E-state index contributed by atoms with van der Waals surface area (Å²) in [4.78, 5) is 24.1. The highest BCUT2D eigenvalue weighted by molar-refractivity contribution is 6.02. The third kappa shape index (κ3) is 3.17. The highest BCUT2D eigenvalue weighted by atomic mass is 16.5. The van der Waals surface area contributed by atoms with E-state index in [9.17, 15) is 9.59 Å². The lowest BCUT2D eigenvalue weighted by Gasteiger charge is -2.16. The molecule has 1 aliphatic rings. The van der Waals surface area contributed by atoms with Crippen LogP contribution in [0.5, 0.6) is 0 Å². The van der Waals surface area contributed by atoms with Gasteiger partial charge in [-0.15, -0.1) is 0 Å². The molecule has 1 heterocycles. The fourth-order valence-electron chi connectivity index (χ4n) is 2.42. The van der Waals surface area contributed by atoms with E-state index in [1.165, 1.54) is 0 Å². The highest BCUT2D eigenvalue weighted by Gasteiger charge is 2.30. The van der Waals surface area contributed by atoms with Crippen LogP contribution < -0.4 is 10.6 Å². The van der Waals surface area contributed by atoms with E-state index in [0.717, 1.165) is 13.0 Å². The molecule has 0 spiro atoms. The maximum Gasteiger partial charge on any atom is 0.340 e. The molecule has 2 rings (SSSR count). The number of carbonyl (C=O) groups is 2. The number of anilines is 1. The molecule has 1 saturated heterocycles. The quantitative estimate of drug-likeness (QED) is 0.823. The van der Waals surface area contributed by atoms with Crippen molar-refractivity contribution in [3.63, 3.8) is 0 Å². The third-order valence-electron chi connectivity index (χ3n) is 3.54. The predicted octanol–water partition coefficient (Wildman–Crippen LogP) is 1.80. The molecule has 2 N–H and O–H groups in total. The topological polar surface area (TPSA) is 67.4 Å². The highest BCUT2D eigenvalue weighted by Crippen LogP contribution is 2.21. The Morgan fingerprint density at radius 2 is 2.15 bits per heavy atom. The lowest BCUT2D eigenvalue weighted by atomic mass is 10.0. The summed E-state index contributed by atoms with van der Waals surface area (Å²) in [5.41, 5.74) is 0.899. The first kappa shape index (κ1) is 14.5. The number of hydrogen-bond acceptors (Lipinski definition) is 4. The van der Waals surface area contributed by atoms with E-state index < -0.39 is 5.97 Å². The van der Waals surface area contributed by atoms with Crippen molar-refractivity contribution in [2.45, 2.75) is 26.3 Å². The fraction of sp³-hybridized carbons (Fsp3) is 0.467. The second kappa shape index (κ2) is 6.52. The van der Waals surface area contributed by atoms with Crippen LogP contribution in [0.2, 0.25) is 0 Å². The van der Waals surface area contributed by atoms with Crippen molar-refractivity contribution in [2.75, 3.05) is 18.5 Å². The second-order valence-corrected chi connectivity index (χ2v) is 4.89. The normalized spacial score (nSPS) is 21.5. The monoisotopic (exact) mass is 276 g/mol. The average Bonchev–Trinajstić information content (AvgIpc) is 2.86. The molecule has 108 valence electrons. The number of benzene rings is 1. The maximum absolute atomic E-state index is 12.3. The number of nitrogens with one attached hydrogen (secondary N) is 2. The van der Waals surface area contributed by atoms with Gasteiger partial charge in [0.1, 0.15) is 0 Å². The van der Waals surface area contributed by atoms with Gasteiger partial charge in [-0.3, -0.25) is 4.79 Å². The molecule has 1 aliphatic heterocycles. The van der Waals surface area contributed by atoms with E-state index in [1.54, 1.807) is 31.2 Å². The number of hydrogen-bond donors (Lipinski definition) is 2. The Labute approximate surface area is 118 Å². The van der Waals surface area contributed by atoms with E-state index in [2.05, 4.69) is 10.6 Å². The van der Waals surface area contributed by atoms with Crippen molar-refractivity contribution >= 4 is 17.6 Å². The molecule has 0 bridgehead atoms.